The van der Waals surface area contributed by atoms with E-state index in [1.807, 2.05) is 0 Å². The first-order valence-corrected chi connectivity index (χ1v) is 14.9. The molecule has 0 saturated carbocycles. The van der Waals surface area contributed by atoms with Crippen molar-refractivity contribution in [1.29, 1.82) is 0 Å². The van der Waals surface area contributed by atoms with Crippen molar-refractivity contribution in [1.82, 2.24) is 24.7 Å². The van der Waals surface area contributed by atoms with Gasteiger partial charge in [-0.1, -0.05) is 0 Å². The Kier molecular flexibility index (Phi) is 7.57. The highest BCUT2D eigenvalue weighted by Crippen LogP contribution is 2.28. The molecule has 2 aromatic heterocycles. The minimum absolute atomic E-state index is 0.243. The molecule has 0 aliphatic carbocycles. The van der Waals surface area contributed by atoms with Crippen LogP contribution in [0.25, 0.3) is 5.69 Å². The van der Waals surface area contributed by atoms with Crippen molar-refractivity contribution in [3.8, 4) is 5.69 Å². The average Bonchev–Trinajstić information content (AvgIpc) is 3.23. The quantitative estimate of drug-likeness (QED) is 0.121. The zero-order valence-corrected chi connectivity index (χ0v) is 22.4. The molecule has 0 atom stereocenters. The maximum Gasteiger partial charge on any atom is 0.353 e. The third kappa shape index (κ3) is 6.56. The summed E-state index contributed by atoms with van der Waals surface area (Å²) in [5.74, 6) is -2.97. The van der Waals surface area contributed by atoms with E-state index in [-0.39, 0.29) is 5.69 Å². The summed E-state index contributed by atoms with van der Waals surface area (Å²) in [4.78, 5) is 31.0. The molecule has 0 bridgehead atoms. The number of H-pyrrole nitrogens is 1. The van der Waals surface area contributed by atoms with E-state index in [0.717, 1.165) is 18.2 Å². The highest BCUT2D eigenvalue weighted by Gasteiger charge is 2.23. The van der Waals surface area contributed by atoms with Gasteiger partial charge in [-0.15, -0.1) is 0 Å². The molecule has 4 rings (SSSR count). The van der Waals surface area contributed by atoms with Gasteiger partial charge in [-0.25, -0.2) is 9.48 Å². The highest BCUT2D eigenvalue weighted by molar-refractivity contribution is 7.86. The second kappa shape index (κ2) is 10.5. The number of aromatic amines is 1. The second-order valence-electron chi connectivity index (χ2n) is 7.92. The van der Waals surface area contributed by atoms with Gasteiger partial charge in [0.15, 0.2) is 0 Å². The van der Waals surface area contributed by atoms with Gasteiger partial charge in [0.2, 0.25) is 11.9 Å². The maximum absolute atomic E-state index is 14.2. The lowest BCUT2D eigenvalue weighted by atomic mass is 10.3. The van der Waals surface area contributed by atoms with E-state index >= 15 is 0 Å². The zero-order valence-electron chi connectivity index (χ0n) is 20.0. The first-order chi connectivity index (χ1) is 19.3. The van der Waals surface area contributed by atoms with Gasteiger partial charge in [0, 0.05) is 11.8 Å². The van der Waals surface area contributed by atoms with Gasteiger partial charge in [-0.2, -0.15) is 44.6 Å². The molecule has 222 valence electrons. The zero-order chi connectivity index (χ0) is 31.2. The number of nitrogens with zero attached hydrogens (tertiary/aromatic N) is 4. The molecule has 0 saturated heterocycles. The molecule has 42 heavy (non-hydrogen) atoms. The van der Waals surface area contributed by atoms with Gasteiger partial charge >= 0.3 is 12.0 Å². The molecule has 0 radical (unpaired) electrons. The van der Waals surface area contributed by atoms with Crippen LogP contribution in [0, 0.1) is 6.08 Å². The number of carboxylic acid groups (broad SMARTS) is 1. The number of aromatic nitrogens is 5. The number of carboxylic acids is 1. The van der Waals surface area contributed by atoms with Crippen LogP contribution in [0.4, 0.5) is 27.7 Å². The third-order valence-electron chi connectivity index (χ3n) is 5.07. The van der Waals surface area contributed by atoms with E-state index in [9.17, 15) is 52.9 Å². The van der Waals surface area contributed by atoms with Crippen molar-refractivity contribution in [2.45, 2.75) is 14.7 Å². The Bertz CT molecular complexity index is 2150. The molecule has 7 N–H and O–H groups in total. The van der Waals surface area contributed by atoms with Crippen molar-refractivity contribution >= 4 is 59.6 Å². The normalized spacial score (nSPS) is 12.2. The SMILES string of the molecule is O=C(O)c1cc(=O)n(-c2ccc(Nc3nc(F)nc(Nc4cc(S(=O)(=O)O)ccc4S(=O)(=O)O)n3)cc2S(=O)(=O)O)[nH]1. The lowest BCUT2D eigenvalue weighted by Gasteiger charge is -2.13. The number of hydrogen-bond acceptors (Lipinski definition) is 13. The predicted octanol–water partition coefficient (Wildman–Crippen LogP) is 0.415. The minimum atomic E-state index is -5.07. The van der Waals surface area contributed by atoms with Crippen LogP contribution in [-0.2, 0) is 30.4 Å². The van der Waals surface area contributed by atoms with Gasteiger partial charge in [0.1, 0.15) is 15.5 Å². The molecule has 2 heterocycles. The predicted molar refractivity (Wildman–Crippen MR) is 136 cm³/mol. The maximum atomic E-state index is 14.2. The average molecular weight is 648 g/mol. The van der Waals surface area contributed by atoms with Crippen LogP contribution in [0.5, 0.6) is 0 Å². The molecule has 19 nitrogen and oxygen atoms in total. The van der Waals surface area contributed by atoms with Gasteiger partial charge in [0.25, 0.3) is 35.9 Å². The molecule has 0 aliphatic rings. The Morgan fingerprint density at radius 3 is 1.98 bits per heavy atom. The number of halogens is 1. The van der Waals surface area contributed by atoms with Gasteiger partial charge in [-0.05, 0) is 36.4 Å². The Balaban J connectivity index is 1.75. The molecule has 23 heteroatoms. The third-order valence-corrected chi connectivity index (χ3v) is 7.71. The van der Waals surface area contributed by atoms with E-state index in [1.54, 1.807) is 0 Å². The Morgan fingerprint density at radius 2 is 1.43 bits per heavy atom. The summed E-state index contributed by atoms with van der Waals surface area (Å²) < 4.78 is 114. The lowest BCUT2D eigenvalue weighted by Crippen LogP contribution is -2.17. The number of benzene rings is 2. The lowest BCUT2D eigenvalue weighted by molar-refractivity contribution is 0.0689. The molecule has 0 spiro atoms. The summed E-state index contributed by atoms with van der Waals surface area (Å²) in [6.45, 7) is 0. The molecule has 0 aliphatic heterocycles. The van der Waals surface area contributed by atoms with E-state index in [0.29, 0.717) is 28.9 Å². The van der Waals surface area contributed by atoms with Crippen LogP contribution in [0.3, 0.4) is 0 Å². The van der Waals surface area contributed by atoms with Crippen LogP contribution < -0.4 is 16.2 Å². The van der Waals surface area contributed by atoms with Crippen molar-refractivity contribution in [3.05, 3.63) is 64.6 Å². The Morgan fingerprint density at radius 1 is 0.810 bits per heavy atom. The van der Waals surface area contributed by atoms with E-state index < -0.39 is 91.6 Å². The van der Waals surface area contributed by atoms with E-state index in [4.69, 9.17) is 5.11 Å². The van der Waals surface area contributed by atoms with Crippen molar-refractivity contribution in [3.63, 3.8) is 0 Å². The van der Waals surface area contributed by atoms with E-state index in [2.05, 4.69) is 30.7 Å². The van der Waals surface area contributed by atoms with Gasteiger partial charge in [0.05, 0.1) is 16.3 Å². The highest BCUT2D eigenvalue weighted by atomic mass is 32.2. The smallest absolute Gasteiger partial charge is 0.353 e. The number of rotatable bonds is 9. The number of anilines is 4. The van der Waals surface area contributed by atoms with Crippen LogP contribution >= 0.6 is 0 Å². The molecule has 2 aromatic carbocycles. The summed E-state index contributed by atoms with van der Waals surface area (Å²) in [7, 11) is -14.9. The molecule has 0 unspecified atom stereocenters. The van der Waals surface area contributed by atoms with Crippen molar-refractivity contribution < 1.29 is 53.2 Å². The molecular weight excluding hydrogens is 633 g/mol. The van der Waals surface area contributed by atoms with Crippen molar-refractivity contribution in [2.24, 2.45) is 0 Å². The number of aromatic carboxylic acids is 1. The van der Waals surface area contributed by atoms with Crippen LogP contribution in [0.15, 0.2) is 61.9 Å². The Labute approximate surface area is 233 Å². The first-order valence-electron chi connectivity index (χ1n) is 10.5. The number of hydrogen-bond donors (Lipinski definition) is 7. The number of nitrogens with one attached hydrogen (secondary N) is 3. The first kappa shape index (κ1) is 30.2. The van der Waals surface area contributed by atoms with Crippen molar-refractivity contribution in [2.75, 3.05) is 10.6 Å². The summed E-state index contributed by atoms with van der Waals surface area (Å²) in [5.41, 5.74) is -3.03. The molecule has 0 fully saturated rings. The van der Waals surface area contributed by atoms with Crippen LogP contribution in [0.2, 0.25) is 0 Å². The largest absolute Gasteiger partial charge is 0.477 e. The van der Waals surface area contributed by atoms with E-state index in [1.165, 1.54) is 0 Å². The monoisotopic (exact) mass is 647 g/mol. The minimum Gasteiger partial charge on any atom is -0.477 e. The molecular formula is C19H14FN7O12S3. The van der Waals surface area contributed by atoms with Gasteiger partial charge in [-0.3, -0.25) is 23.6 Å². The fourth-order valence-corrected chi connectivity index (χ4v) is 5.21. The standard InChI is InChI=1S/C19H14FN7O12S3/c20-17-23-18(25-19(24-17)22-10-6-9(40(31,32)33)2-4-13(10)41(34,35)36)21-8-1-3-12(14(5-8)42(37,38)39)27-15(28)7-11(26-27)16(29)30/h1-7,26H,(H,29,30)(H,31,32,33)(H,34,35,36)(H,37,38,39)(H2,21,22,23,24,25). The Hall–Kier alpha value is -4.81. The second-order valence-corrected chi connectivity index (χ2v) is 12.1. The van der Waals surface area contributed by atoms with Crippen LogP contribution in [-0.4, -0.2) is 74.7 Å². The molecule has 0 amide bonds. The summed E-state index contributed by atoms with van der Waals surface area (Å²) in [6, 6.07) is 5.31. The summed E-state index contributed by atoms with van der Waals surface area (Å²) in [5, 5.41) is 15.7. The van der Waals surface area contributed by atoms with Gasteiger partial charge < -0.3 is 15.7 Å². The fourth-order valence-electron chi connectivity index (χ4n) is 3.37. The van der Waals surface area contributed by atoms with Crippen LogP contribution in [0.1, 0.15) is 10.5 Å². The number of carbonyl (C=O) groups is 1. The summed E-state index contributed by atoms with van der Waals surface area (Å²) >= 11 is 0. The fraction of sp³-hybridized carbons (Fsp3) is 0. The topological polar surface area (TPSA) is 301 Å². The molecule has 4 aromatic rings. The summed E-state index contributed by atoms with van der Waals surface area (Å²) in [6.07, 6.45) is -1.50.